The van der Waals surface area contributed by atoms with Crippen LogP contribution in [0.3, 0.4) is 0 Å². The molecule has 6 nitrogen and oxygen atoms in total. The summed E-state index contributed by atoms with van der Waals surface area (Å²) in [5.74, 6) is 0.729. The van der Waals surface area contributed by atoms with E-state index in [-0.39, 0.29) is 12.1 Å². The maximum Gasteiger partial charge on any atom is 0.243 e. The van der Waals surface area contributed by atoms with Gasteiger partial charge in [-0.1, -0.05) is 42.5 Å². The summed E-state index contributed by atoms with van der Waals surface area (Å²) in [7, 11) is -0.111. The van der Waals surface area contributed by atoms with Crippen molar-refractivity contribution in [1.29, 1.82) is 0 Å². The molecule has 0 aromatic heterocycles. The van der Waals surface area contributed by atoms with E-state index in [2.05, 4.69) is 46.8 Å². The molecule has 0 heterocycles. The van der Waals surface area contributed by atoms with Gasteiger partial charge in [0.1, 0.15) is 0 Å². The number of hydrogen-bond acceptors (Lipinski definition) is 3. The van der Waals surface area contributed by atoms with Gasteiger partial charge in [-0.15, -0.1) is 0 Å². The Hall–Kier alpha value is -2.38. The Balaban J connectivity index is 1.87. The Kier molecular flexibility index (Phi) is 8.87. The van der Waals surface area contributed by atoms with E-state index >= 15 is 0 Å². The van der Waals surface area contributed by atoms with E-state index in [9.17, 15) is 8.42 Å². The number of rotatable bonds is 9. The molecule has 0 amide bonds. The van der Waals surface area contributed by atoms with E-state index in [1.54, 1.807) is 26.2 Å². The highest BCUT2D eigenvalue weighted by atomic mass is 32.2. The quantitative estimate of drug-likeness (QED) is 0.472. The first-order chi connectivity index (χ1) is 14.2. The maximum atomic E-state index is 12.6. The fourth-order valence-corrected chi connectivity index (χ4v) is 4.30. The van der Waals surface area contributed by atoms with Gasteiger partial charge in [-0.2, -0.15) is 4.31 Å². The number of guanidine groups is 1. The van der Waals surface area contributed by atoms with Gasteiger partial charge in [0.25, 0.3) is 0 Å². The summed E-state index contributed by atoms with van der Waals surface area (Å²) in [6.45, 7) is 6.41. The van der Waals surface area contributed by atoms with Gasteiger partial charge in [-0.3, -0.25) is 4.99 Å². The number of benzene rings is 2. The predicted octanol–water partition coefficient (Wildman–Crippen LogP) is 3.40. The van der Waals surface area contributed by atoms with E-state index in [1.165, 1.54) is 9.87 Å². The second-order valence-electron chi connectivity index (χ2n) is 7.75. The first-order valence-electron chi connectivity index (χ1n) is 10.3. The Morgan fingerprint density at radius 2 is 1.63 bits per heavy atom. The van der Waals surface area contributed by atoms with Crippen molar-refractivity contribution in [1.82, 2.24) is 14.9 Å². The maximum absolute atomic E-state index is 12.6. The van der Waals surface area contributed by atoms with Crippen molar-refractivity contribution in [3.8, 4) is 0 Å². The van der Waals surface area contributed by atoms with Gasteiger partial charge < -0.3 is 10.6 Å². The average Bonchev–Trinajstić information content (AvgIpc) is 2.75. The van der Waals surface area contributed by atoms with Crippen molar-refractivity contribution in [3.05, 3.63) is 65.7 Å². The molecule has 164 valence electrons. The van der Waals surface area contributed by atoms with Crippen molar-refractivity contribution in [2.45, 2.75) is 57.1 Å². The number of nitrogens with one attached hydrogen (secondary N) is 2. The standard InChI is InChI=1S/C23H34N4O2S/c1-18(2)27(5)30(28,29)22-15-13-21(14-16-22)17-25-23(24-4)26-19(3)11-12-20-9-7-6-8-10-20/h6-10,13-16,18-19H,11-12,17H2,1-5H3,(H2,24,25,26). The number of sulfonamides is 1. The zero-order valence-corrected chi connectivity index (χ0v) is 19.4. The van der Waals surface area contributed by atoms with E-state index < -0.39 is 10.0 Å². The molecule has 0 bridgehead atoms. The van der Waals surface area contributed by atoms with Gasteiger partial charge in [0.15, 0.2) is 5.96 Å². The molecule has 2 N–H and O–H groups in total. The summed E-state index contributed by atoms with van der Waals surface area (Å²) in [5.41, 5.74) is 2.31. The molecular formula is C23H34N4O2S. The lowest BCUT2D eigenvalue weighted by Crippen LogP contribution is -2.42. The molecule has 0 aliphatic carbocycles. The van der Waals surface area contributed by atoms with Crippen LogP contribution in [0, 0.1) is 0 Å². The topological polar surface area (TPSA) is 73.8 Å². The minimum Gasteiger partial charge on any atom is -0.354 e. The summed E-state index contributed by atoms with van der Waals surface area (Å²) in [5, 5.41) is 6.70. The van der Waals surface area contributed by atoms with Gasteiger partial charge in [-0.25, -0.2) is 8.42 Å². The van der Waals surface area contributed by atoms with Gasteiger partial charge >= 0.3 is 0 Å². The monoisotopic (exact) mass is 430 g/mol. The van der Waals surface area contributed by atoms with E-state index in [0.717, 1.165) is 24.4 Å². The van der Waals surface area contributed by atoms with Crippen molar-refractivity contribution in [2.24, 2.45) is 4.99 Å². The molecule has 0 spiro atoms. The smallest absolute Gasteiger partial charge is 0.243 e. The minimum absolute atomic E-state index is 0.0883. The Bertz CT molecular complexity index is 910. The van der Waals surface area contributed by atoms with Gasteiger partial charge in [0.05, 0.1) is 4.90 Å². The van der Waals surface area contributed by atoms with E-state index in [0.29, 0.717) is 11.4 Å². The summed E-state index contributed by atoms with van der Waals surface area (Å²) in [6.07, 6.45) is 2.01. The van der Waals surface area contributed by atoms with Crippen molar-refractivity contribution < 1.29 is 8.42 Å². The zero-order valence-electron chi connectivity index (χ0n) is 18.6. The first-order valence-corrected chi connectivity index (χ1v) is 11.8. The molecule has 1 unspecified atom stereocenters. The third kappa shape index (κ3) is 6.85. The number of aryl methyl sites for hydroxylation is 1. The van der Waals surface area contributed by atoms with Crippen LogP contribution in [0.1, 0.15) is 38.3 Å². The Morgan fingerprint density at radius 1 is 1.00 bits per heavy atom. The van der Waals surface area contributed by atoms with E-state index in [4.69, 9.17) is 0 Å². The largest absolute Gasteiger partial charge is 0.354 e. The highest BCUT2D eigenvalue weighted by Gasteiger charge is 2.22. The van der Waals surface area contributed by atoms with Gasteiger partial charge in [0.2, 0.25) is 10.0 Å². The fraction of sp³-hybridized carbons (Fsp3) is 0.435. The summed E-state index contributed by atoms with van der Waals surface area (Å²) in [4.78, 5) is 4.59. The van der Waals surface area contributed by atoms with Crippen LogP contribution in [0.2, 0.25) is 0 Å². The molecule has 1 atom stereocenters. The van der Waals surface area contributed by atoms with Crippen LogP contribution < -0.4 is 10.6 Å². The molecule has 30 heavy (non-hydrogen) atoms. The van der Waals surface area contributed by atoms with E-state index in [1.807, 2.05) is 32.0 Å². The molecule has 0 saturated heterocycles. The van der Waals surface area contributed by atoms with Crippen molar-refractivity contribution in [2.75, 3.05) is 14.1 Å². The van der Waals surface area contributed by atoms with Crippen LogP contribution in [-0.2, 0) is 23.0 Å². The molecule has 7 heteroatoms. The van der Waals surface area contributed by atoms with Crippen LogP contribution in [0.5, 0.6) is 0 Å². The second kappa shape index (κ2) is 11.1. The lowest BCUT2D eigenvalue weighted by Gasteiger charge is -2.21. The highest BCUT2D eigenvalue weighted by Crippen LogP contribution is 2.17. The summed E-state index contributed by atoms with van der Waals surface area (Å²) < 4.78 is 26.5. The predicted molar refractivity (Wildman–Crippen MR) is 124 cm³/mol. The second-order valence-corrected chi connectivity index (χ2v) is 9.75. The molecular weight excluding hydrogens is 396 g/mol. The van der Waals surface area contributed by atoms with Crippen molar-refractivity contribution >= 4 is 16.0 Å². The van der Waals surface area contributed by atoms with Gasteiger partial charge in [0, 0.05) is 32.7 Å². The van der Waals surface area contributed by atoms with Gasteiger partial charge in [-0.05, 0) is 56.9 Å². The van der Waals surface area contributed by atoms with Crippen LogP contribution in [0.25, 0.3) is 0 Å². The Morgan fingerprint density at radius 3 is 2.20 bits per heavy atom. The van der Waals surface area contributed by atoms with Crippen LogP contribution in [-0.4, -0.2) is 44.9 Å². The van der Waals surface area contributed by atoms with Crippen LogP contribution >= 0.6 is 0 Å². The van der Waals surface area contributed by atoms with Crippen molar-refractivity contribution in [3.63, 3.8) is 0 Å². The summed E-state index contributed by atoms with van der Waals surface area (Å²) in [6, 6.07) is 17.6. The molecule has 2 aromatic carbocycles. The summed E-state index contributed by atoms with van der Waals surface area (Å²) >= 11 is 0. The third-order valence-electron chi connectivity index (χ3n) is 5.10. The normalized spacial score (nSPS) is 13.5. The molecule has 0 aliphatic heterocycles. The lowest BCUT2D eigenvalue weighted by atomic mass is 10.1. The average molecular weight is 431 g/mol. The molecule has 0 radical (unpaired) electrons. The zero-order chi connectivity index (χ0) is 22.1. The molecule has 0 saturated carbocycles. The Labute approximate surface area is 181 Å². The molecule has 0 fully saturated rings. The number of aliphatic imine (C=N–C) groups is 1. The first kappa shape index (κ1) is 23.9. The van der Waals surface area contributed by atoms with Crippen LogP contribution in [0.4, 0.5) is 0 Å². The fourth-order valence-electron chi connectivity index (χ4n) is 2.94. The highest BCUT2D eigenvalue weighted by molar-refractivity contribution is 7.89. The number of nitrogens with zero attached hydrogens (tertiary/aromatic N) is 2. The number of hydrogen-bond donors (Lipinski definition) is 2. The molecule has 2 rings (SSSR count). The SMILES string of the molecule is CN=C(NCc1ccc(S(=O)(=O)N(C)C(C)C)cc1)NC(C)CCc1ccccc1. The lowest BCUT2D eigenvalue weighted by molar-refractivity contribution is 0.410. The van der Waals surface area contributed by atoms with Crippen LogP contribution in [0.15, 0.2) is 64.5 Å². The molecule has 0 aliphatic rings. The minimum atomic E-state index is -3.46. The third-order valence-corrected chi connectivity index (χ3v) is 7.15. The molecule has 2 aromatic rings.